The van der Waals surface area contributed by atoms with Crippen LogP contribution < -0.4 is 20.1 Å². The van der Waals surface area contributed by atoms with Crippen molar-refractivity contribution in [2.24, 2.45) is 4.99 Å². The highest BCUT2D eigenvalue weighted by molar-refractivity contribution is 5.79. The lowest BCUT2D eigenvalue weighted by molar-refractivity contribution is 0.398. The Balaban J connectivity index is 2.58. The number of nitrogens with one attached hydrogen (secondary N) is 2. The third kappa shape index (κ3) is 5.53. The van der Waals surface area contributed by atoms with Crippen LogP contribution in [0.1, 0.15) is 25.8 Å². The topological polar surface area (TPSA) is 54.9 Å². The van der Waals surface area contributed by atoms with Crippen LogP contribution in [0.3, 0.4) is 0 Å². The summed E-state index contributed by atoms with van der Waals surface area (Å²) in [6.45, 7) is 5.06. The number of hydrogen-bond donors (Lipinski definition) is 2. The number of methoxy groups -OCH3 is 2. The van der Waals surface area contributed by atoms with Crippen LogP contribution in [0, 0.1) is 0 Å². The smallest absolute Gasteiger partial charge is 0.191 e. The number of hydrogen-bond acceptors (Lipinski definition) is 3. The molecule has 0 radical (unpaired) electrons. The van der Waals surface area contributed by atoms with Gasteiger partial charge in [0, 0.05) is 19.6 Å². The minimum Gasteiger partial charge on any atom is -0.497 e. The van der Waals surface area contributed by atoms with Gasteiger partial charge in [-0.1, -0.05) is 6.92 Å². The van der Waals surface area contributed by atoms with Gasteiger partial charge in [-0.15, -0.1) is 0 Å². The number of nitrogens with zero attached hydrogens (tertiary/aromatic N) is 1. The number of aliphatic imine (C=N–C) groups is 1. The summed E-state index contributed by atoms with van der Waals surface area (Å²) in [5, 5.41) is 6.65. The Morgan fingerprint density at radius 2 is 2.05 bits per heavy atom. The molecule has 1 unspecified atom stereocenters. The maximum absolute atomic E-state index is 5.38. The fraction of sp³-hybridized carbons (Fsp3) is 0.562. The number of ether oxygens (including phenoxy) is 2. The van der Waals surface area contributed by atoms with E-state index in [1.807, 2.05) is 18.2 Å². The molecule has 0 spiro atoms. The lowest BCUT2D eigenvalue weighted by atomic mass is 10.1. The zero-order valence-electron chi connectivity index (χ0n) is 13.7. The molecular weight excluding hydrogens is 266 g/mol. The summed E-state index contributed by atoms with van der Waals surface area (Å²) < 4.78 is 10.6. The maximum atomic E-state index is 5.38. The first-order valence-electron chi connectivity index (χ1n) is 7.32. The fourth-order valence-corrected chi connectivity index (χ4v) is 1.92. The van der Waals surface area contributed by atoms with Crippen molar-refractivity contribution in [1.82, 2.24) is 10.6 Å². The van der Waals surface area contributed by atoms with E-state index in [9.17, 15) is 0 Å². The van der Waals surface area contributed by atoms with E-state index in [1.165, 1.54) is 0 Å². The molecule has 0 aliphatic rings. The van der Waals surface area contributed by atoms with E-state index < -0.39 is 0 Å². The summed E-state index contributed by atoms with van der Waals surface area (Å²) in [5.74, 6) is 2.54. The summed E-state index contributed by atoms with van der Waals surface area (Å²) in [4.78, 5) is 4.22. The van der Waals surface area contributed by atoms with Crippen molar-refractivity contribution < 1.29 is 9.47 Å². The van der Waals surface area contributed by atoms with Crippen molar-refractivity contribution in [3.8, 4) is 11.5 Å². The molecule has 0 aromatic heterocycles. The zero-order valence-corrected chi connectivity index (χ0v) is 13.7. The fourth-order valence-electron chi connectivity index (χ4n) is 1.92. The third-order valence-electron chi connectivity index (χ3n) is 3.39. The van der Waals surface area contributed by atoms with E-state index in [4.69, 9.17) is 9.47 Å². The molecule has 1 aromatic rings. The summed E-state index contributed by atoms with van der Waals surface area (Å²) in [6.07, 6.45) is 1.89. The molecule has 0 aliphatic carbocycles. The lowest BCUT2D eigenvalue weighted by Crippen LogP contribution is -2.42. The van der Waals surface area contributed by atoms with Crippen LogP contribution in [0.25, 0.3) is 0 Å². The molecule has 0 amide bonds. The molecule has 118 valence electrons. The molecule has 0 saturated heterocycles. The van der Waals surface area contributed by atoms with Crippen LogP contribution in [-0.4, -0.2) is 39.8 Å². The quantitative estimate of drug-likeness (QED) is 0.598. The van der Waals surface area contributed by atoms with Crippen molar-refractivity contribution in [1.29, 1.82) is 0 Å². The van der Waals surface area contributed by atoms with Gasteiger partial charge in [-0.25, -0.2) is 0 Å². The summed E-state index contributed by atoms with van der Waals surface area (Å²) in [6, 6.07) is 6.24. The van der Waals surface area contributed by atoms with Crippen molar-refractivity contribution in [3.05, 3.63) is 23.8 Å². The molecule has 1 aromatic carbocycles. The molecule has 0 aliphatic heterocycles. The molecule has 1 rings (SSSR count). The minimum atomic E-state index is 0.405. The van der Waals surface area contributed by atoms with Crippen molar-refractivity contribution in [3.63, 3.8) is 0 Å². The first-order valence-corrected chi connectivity index (χ1v) is 7.32. The molecule has 21 heavy (non-hydrogen) atoms. The monoisotopic (exact) mass is 293 g/mol. The third-order valence-corrected chi connectivity index (χ3v) is 3.39. The molecule has 0 saturated carbocycles. The van der Waals surface area contributed by atoms with Gasteiger partial charge in [0.25, 0.3) is 0 Å². The minimum absolute atomic E-state index is 0.405. The van der Waals surface area contributed by atoms with E-state index in [2.05, 4.69) is 29.5 Å². The van der Waals surface area contributed by atoms with E-state index in [1.54, 1.807) is 21.3 Å². The molecule has 0 bridgehead atoms. The molecule has 5 heteroatoms. The van der Waals surface area contributed by atoms with Gasteiger partial charge in [-0.2, -0.15) is 0 Å². The van der Waals surface area contributed by atoms with Gasteiger partial charge < -0.3 is 20.1 Å². The van der Waals surface area contributed by atoms with Gasteiger partial charge in [0.2, 0.25) is 0 Å². The number of rotatable bonds is 7. The molecule has 5 nitrogen and oxygen atoms in total. The predicted octanol–water partition coefficient (Wildman–Crippen LogP) is 2.21. The van der Waals surface area contributed by atoms with Gasteiger partial charge >= 0.3 is 0 Å². The van der Waals surface area contributed by atoms with Crippen LogP contribution >= 0.6 is 0 Å². The Bertz CT molecular complexity index is 461. The molecule has 0 heterocycles. The van der Waals surface area contributed by atoms with Crippen LogP contribution in [0.5, 0.6) is 11.5 Å². The lowest BCUT2D eigenvalue weighted by Gasteiger charge is -2.17. The van der Waals surface area contributed by atoms with Crippen LogP contribution in [-0.2, 0) is 6.42 Å². The highest BCUT2D eigenvalue weighted by Crippen LogP contribution is 2.24. The molecule has 2 N–H and O–H groups in total. The van der Waals surface area contributed by atoms with E-state index in [-0.39, 0.29) is 0 Å². The molecule has 1 atom stereocenters. The predicted molar refractivity (Wildman–Crippen MR) is 87.5 cm³/mol. The van der Waals surface area contributed by atoms with Gasteiger partial charge in [0.05, 0.1) is 14.2 Å². The maximum Gasteiger partial charge on any atom is 0.191 e. The highest BCUT2D eigenvalue weighted by atomic mass is 16.5. The normalized spacial score (nSPS) is 12.7. The van der Waals surface area contributed by atoms with E-state index >= 15 is 0 Å². The second-order valence-electron chi connectivity index (χ2n) is 4.88. The van der Waals surface area contributed by atoms with Crippen LogP contribution in [0.15, 0.2) is 23.2 Å². The molecular formula is C16H27N3O2. The Labute approximate surface area is 127 Å². The van der Waals surface area contributed by atoms with Crippen molar-refractivity contribution in [2.45, 2.75) is 32.7 Å². The number of guanidine groups is 1. The Morgan fingerprint density at radius 3 is 2.62 bits per heavy atom. The van der Waals surface area contributed by atoms with E-state index in [0.717, 1.165) is 42.4 Å². The summed E-state index contributed by atoms with van der Waals surface area (Å²) in [7, 11) is 5.13. The van der Waals surface area contributed by atoms with Gasteiger partial charge in [0.15, 0.2) is 5.96 Å². The summed E-state index contributed by atoms with van der Waals surface area (Å²) >= 11 is 0. The second kappa shape index (κ2) is 9.10. The van der Waals surface area contributed by atoms with E-state index in [0.29, 0.717) is 6.04 Å². The standard InChI is InChI=1S/C16H27N3O2/c1-6-12(2)19-16(17-3)18-10-9-13-11-14(20-4)7-8-15(13)21-5/h7-8,11-12H,6,9-10H2,1-5H3,(H2,17,18,19). The second-order valence-corrected chi connectivity index (χ2v) is 4.88. The first-order chi connectivity index (χ1) is 10.1. The number of benzene rings is 1. The average molecular weight is 293 g/mol. The van der Waals surface area contributed by atoms with Gasteiger partial charge in [0.1, 0.15) is 11.5 Å². The van der Waals surface area contributed by atoms with Crippen LogP contribution in [0.2, 0.25) is 0 Å². The van der Waals surface area contributed by atoms with Crippen molar-refractivity contribution >= 4 is 5.96 Å². The highest BCUT2D eigenvalue weighted by Gasteiger charge is 2.06. The van der Waals surface area contributed by atoms with Crippen molar-refractivity contribution in [2.75, 3.05) is 27.8 Å². The van der Waals surface area contributed by atoms with Gasteiger partial charge in [-0.05, 0) is 43.5 Å². The average Bonchev–Trinajstić information content (AvgIpc) is 2.53. The zero-order chi connectivity index (χ0) is 15.7. The Kier molecular flexibility index (Phi) is 7.43. The van der Waals surface area contributed by atoms with Crippen LogP contribution in [0.4, 0.5) is 0 Å². The summed E-state index contributed by atoms with van der Waals surface area (Å²) in [5.41, 5.74) is 1.11. The molecule has 0 fully saturated rings. The Hall–Kier alpha value is -1.91. The first kappa shape index (κ1) is 17.1. The Morgan fingerprint density at radius 1 is 1.29 bits per heavy atom. The SMILES string of the molecule is CCC(C)NC(=NC)NCCc1cc(OC)ccc1OC. The van der Waals surface area contributed by atoms with Gasteiger partial charge in [-0.3, -0.25) is 4.99 Å². The largest absolute Gasteiger partial charge is 0.497 e.